The summed E-state index contributed by atoms with van der Waals surface area (Å²) < 4.78 is 7.00. The van der Waals surface area contributed by atoms with E-state index in [0.29, 0.717) is 5.96 Å². The van der Waals surface area contributed by atoms with Crippen molar-refractivity contribution >= 4 is 29.9 Å². The fourth-order valence-electron chi connectivity index (χ4n) is 3.08. The van der Waals surface area contributed by atoms with E-state index in [1.54, 1.807) is 13.3 Å². The molecule has 166 valence electrons. The summed E-state index contributed by atoms with van der Waals surface area (Å²) in [6.07, 6.45) is 2.99. The van der Waals surface area contributed by atoms with Gasteiger partial charge in [-0.2, -0.15) is 5.10 Å². The van der Waals surface area contributed by atoms with Gasteiger partial charge in [0.1, 0.15) is 5.75 Å². The van der Waals surface area contributed by atoms with Gasteiger partial charge in [-0.3, -0.25) is 4.99 Å². The number of aliphatic hydroxyl groups is 1. The zero-order valence-electron chi connectivity index (χ0n) is 18.0. The number of aliphatic imine (C=N–C) groups is 1. The van der Waals surface area contributed by atoms with Crippen molar-refractivity contribution < 1.29 is 9.84 Å². The number of halogens is 1. The van der Waals surface area contributed by atoms with Crippen LogP contribution in [0.2, 0.25) is 0 Å². The van der Waals surface area contributed by atoms with Crippen LogP contribution >= 0.6 is 24.0 Å². The van der Waals surface area contributed by atoms with Gasteiger partial charge in [0.25, 0.3) is 0 Å². The normalized spacial score (nSPS) is 13.1. The van der Waals surface area contributed by atoms with Gasteiger partial charge in [-0.05, 0) is 55.3 Å². The molecule has 0 bridgehead atoms. The number of aromatic nitrogens is 2. The first-order valence-corrected chi connectivity index (χ1v) is 10.1. The highest BCUT2D eigenvalue weighted by molar-refractivity contribution is 14.0. The van der Waals surface area contributed by atoms with Gasteiger partial charge in [0, 0.05) is 18.9 Å². The first-order chi connectivity index (χ1) is 14.6. The van der Waals surface area contributed by atoms with E-state index < -0.39 is 6.10 Å². The average Bonchev–Trinajstić information content (AvgIpc) is 3.32. The molecule has 0 radical (unpaired) electrons. The lowest BCUT2D eigenvalue weighted by atomic mass is 10.1. The van der Waals surface area contributed by atoms with Crippen LogP contribution in [0.1, 0.15) is 37.1 Å². The average molecular weight is 535 g/mol. The van der Waals surface area contributed by atoms with Gasteiger partial charge in [-0.15, -0.1) is 24.0 Å². The standard InChI is InChI=1S/C23H29N5O2.HI/c1-4-24-23(25-16-22(29)18-9-11-21(30-3)12-10-18)27-17(2)19-7-5-8-20(15-19)28-14-6-13-26-28;/h5-15,17,22,29H,4,16H2,1-3H3,(H2,24,25,27);1H. The molecule has 3 N–H and O–H groups in total. The summed E-state index contributed by atoms with van der Waals surface area (Å²) in [5.74, 6) is 1.41. The van der Waals surface area contributed by atoms with Crippen molar-refractivity contribution in [3.8, 4) is 11.4 Å². The lowest BCUT2D eigenvalue weighted by Crippen LogP contribution is -2.39. The molecule has 0 aliphatic heterocycles. The summed E-state index contributed by atoms with van der Waals surface area (Å²) in [5.41, 5.74) is 2.92. The monoisotopic (exact) mass is 535 g/mol. The van der Waals surface area contributed by atoms with Crippen molar-refractivity contribution in [2.75, 3.05) is 20.2 Å². The molecule has 3 rings (SSSR count). The highest BCUT2D eigenvalue weighted by Gasteiger charge is 2.11. The molecule has 2 unspecified atom stereocenters. The van der Waals surface area contributed by atoms with Crippen molar-refractivity contribution in [1.82, 2.24) is 20.4 Å². The van der Waals surface area contributed by atoms with E-state index in [0.717, 1.165) is 29.1 Å². The summed E-state index contributed by atoms with van der Waals surface area (Å²) >= 11 is 0. The zero-order valence-corrected chi connectivity index (χ0v) is 20.4. The van der Waals surface area contributed by atoms with Gasteiger partial charge in [0.2, 0.25) is 0 Å². The van der Waals surface area contributed by atoms with Crippen LogP contribution in [-0.2, 0) is 0 Å². The van der Waals surface area contributed by atoms with E-state index in [4.69, 9.17) is 4.74 Å². The molecule has 3 aromatic rings. The van der Waals surface area contributed by atoms with Crippen LogP contribution in [0, 0.1) is 0 Å². The second-order valence-corrected chi connectivity index (χ2v) is 6.92. The first kappa shape index (κ1) is 24.7. The molecule has 8 heteroatoms. The molecular weight excluding hydrogens is 505 g/mol. The fraction of sp³-hybridized carbons (Fsp3) is 0.304. The number of hydrogen-bond donors (Lipinski definition) is 3. The molecule has 0 saturated carbocycles. The molecule has 2 atom stereocenters. The van der Waals surface area contributed by atoms with Crippen LogP contribution < -0.4 is 15.4 Å². The van der Waals surface area contributed by atoms with Gasteiger partial charge >= 0.3 is 0 Å². The van der Waals surface area contributed by atoms with E-state index >= 15 is 0 Å². The summed E-state index contributed by atoms with van der Waals surface area (Å²) in [6, 6.07) is 17.5. The predicted octanol–water partition coefficient (Wildman–Crippen LogP) is 3.85. The molecule has 0 aliphatic rings. The summed E-state index contributed by atoms with van der Waals surface area (Å²) in [7, 11) is 1.62. The third-order valence-corrected chi connectivity index (χ3v) is 4.76. The maximum atomic E-state index is 10.5. The van der Waals surface area contributed by atoms with Crippen molar-refractivity contribution in [2.45, 2.75) is 26.0 Å². The topological polar surface area (TPSA) is 83.7 Å². The molecule has 0 saturated heterocycles. The van der Waals surface area contributed by atoms with Gasteiger partial charge in [0.15, 0.2) is 5.96 Å². The number of ether oxygens (including phenoxy) is 1. The second-order valence-electron chi connectivity index (χ2n) is 6.92. The number of hydrogen-bond acceptors (Lipinski definition) is 4. The van der Waals surface area contributed by atoms with E-state index in [1.165, 1.54) is 0 Å². The molecule has 0 aliphatic carbocycles. The van der Waals surface area contributed by atoms with E-state index in [2.05, 4.69) is 39.8 Å². The number of rotatable bonds is 8. The Labute approximate surface area is 200 Å². The van der Waals surface area contributed by atoms with Crippen LogP contribution in [0.3, 0.4) is 0 Å². The number of nitrogens with zero attached hydrogens (tertiary/aromatic N) is 3. The number of guanidine groups is 1. The Hall–Kier alpha value is -2.59. The number of benzene rings is 2. The first-order valence-electron chi connectivity index (χ1n) is 10.1. The minimum Gasteiger partial charge on any atom is -0.497 e. The summed E-state index contributed by atoms with van der Waals surface area (Å²) in [5, 5.41) is 21.4. The molecule has 1 aromatic heterocycles. The van der Waals surface area contributed by atoms with Crippen LogP contribution in [-0.4, -0.2) is 41.0 Å². The Morgan fingerprint density at radius 2 is 1.94 bits per heavy atom. The maximum absolute atomic E-state index is 10.5. The summed E-state index contributed by atoms with van der Waals surface area (Å²) in [6.45, 7) is 5.07. The van der Waals surface area contributed by atoms with Gasteiger partial charge in [-0.1, -0.05) is 24.3 Å². The number of nitrogens with one attached hydrogen (secondary N) is 2. The van der Waals surface area contributed by atoms with E-state index in [-0.39, 0.29) is 36.6 Å². The quantitative estimate of drug-likeness (QED) is 0.232. The van der Waals surface area contributed by atoms with Crippen molar-refractivity contribution in [3.05, 3.63) is 78.1 Å². The van der Waals surface area contributed by atoms with Crippen molar-refractivity contribution in [2.24, 2.45) is 4.99 Å². The maximum Gasteiger partial charge on any atom is 0.191 e. The molecule has 1 heterocycles. The van der Waals surface area contributed by atoms with E-state index in [1.807, 2.05) is 60.3 Å². The second kappa shape index (κ2) is 12.3. The molecule has 0 spiro atoms. The van der Waals surface area contributed by atoms with Crippen LogP contribution in [0.4, 0.5) is 0 Å². The van der Waals surface area contributed by atoms with Crippen LogP contribution in [0.15, 0.2) is 72.0 Å². The Balaban J connectivity index is 0.00000341. The largest absolute Gasteiger partial charge is 0.497 e. The molecule has 2 aromatic carbocycles. The molecule has 7 nitrogen and oxygen atoms in total. The zero-order chi connectivity index (χ0) is 21.3. The Morgan fingerprint density at radius 1 is 1.16 bits per heavy atom. The smallest absolute Gasteiger partial charge is 0.191 e. The predicted molar refractivity (Wildman–Crippen MR) is 134 cm³/mol. The highest BCUT2D eigenvalue weighted by atomic mass is 127. The molecular formula is C23H30IN5O2. The fourth-order valence-corrected chi connectivity index (χ4v) is 3.08. The van der Waals surface area contributed by atoms with Gasteiger partial charge in [-0.25, -0.2) is 4.68 Å². The third kappa shape index (κ3) is 6.96. The molecule has 0 amide bonds. The van der Waals surface area contributed by atoms with Gasteiger partial charge < -0.3 is 20.5 Å². The molecule has 31 heavy (non-hydrogen) atoms. The number of aliphatic hydroxyl groups excluding tert-OH is 1. The summed E-state index contributed by atoms with van der Waals surface area (Å²) in [4.78, 5) is 4.57. The highest BCUT2D eigenvalue weighted by Crippen LogP contribution is 2.19. The Morgan fingerprint density at radius 3 is 2.58 bits per heavy atom. The Bertz CT molecular complexity index is 945. The van der Waals surface area contributed by atoms with Crippen LogP contribution in [0.5, 0.6) is 5.75 Å². The third-order valence-electron chi connectivity index (χ3n) is 4.76. The van der Waals surface area contributed by atoms with Crippen molar-refractivity contribution in [3.63, 3.8) is 0 Å². The minimum atomic E-state index is -0.690. The minimum absolute atomic E-state index is 0. The lowest BCUT2D eigenvalue weighted by molar-refractivity contribution is 0.187. The van der Waals surface area contributed by atoms with E-state index in [9.17, 15) is 5.11 Å². The number of methoxy groups -OCH3 is 1. The van der Waals surface area contributed by atoms with Crippen LogP contribution in [0.25, 0.3) is 5.69 Å². The Kier molecular flexibility index (Phi) is 9.80. The van der Waals surface area contributed by atoms with Crippen molar-refractivity contribution in [1.29, 1.82) is 0 Å². The molecule has 0 fully saturated rings. The lowest BCUT2D eigenvalue weighted by Gasteiger charge is -2.19. The SMILES string of the molecule is CCNC(=NCC(O)c1ccc(OC)cc1)NC(C)c1cccc(-n2cccn2)c1.I. The van der Waals surface area contributed by atoms with Gasteiger partial charge in [0.05, 0.1) is 31.5 Å².